The Bertz CT molecular complexity index is 637. The molecule has 19 heavy (non-hydrogen) atoms. The predicted octanol–water partition coefficient (Wildman–Crippen LogP) is 3.42. The van der Waals surface area contributed by atoms with E-state index in [1.54, 1.807) is 6.07 Å². The molecule has 4 heteroatoms. The van der Waals surface area contributed by atoms with Gasteiger partial charge in [-0.2, -0.15) is 0 Å². The van der Waals surface area contributed by atoms with Crippen molar-refractivity contribution in [1.29, 1.82) is 0 Å². The molecule has 1 aliphatic carbocycles. The fraction of sp³-hybridized carbons (Fsp3) is 0.333. The van der Waals surface area contributed by atoms with Crippen LogP contribution in [0.4, 0.5) is 0 Å². The number of halogens is 1. The van der Waals surface area contributed by atoms with Crippen LogP contribution >= 0.6 is 11.6 Å². The third-order valence-corrected chi connectivity index (χ3v) is 3.81. The molecule has 1 aromatic carbocycles. The van der Waals surface area contributed by atoms with Crippen LogP contribution in [0, 0.1) is 5.92 Å². The lowest BCUT2D eigenvalue weighted by Gasteiger charge is -2.14. The molecule has 1 unspecified atom stereocenters. The molecule has 2 aromatic rings. The van der Waals surface area contributed by atoms with Gasteiger partial charge in [0.15, 0.2) is 0 Å². The average molecular weight is 275 g/mol. The summed E-state index contributed by atoms with van der Waals surface area (Å²) in [5, 5.41) is 4.24. The maximum absolute atomic E-state index is 12.4. The third kappa shape index (κ3) is 2.56. The predicted molar refractivity (Wildman–Crippen MR) is 76.4 cm³/mol. The molecule has 1 aliphatic rings. The average Bonchev–Trinajstić information content (AvgIpc) is 3.21. The minimum Gasteiger partial charge on any atom is -0.349 e. The molecule has 1 saturated carbocycles. The summed E-state index contributed by atoms with van der Waals surface area (Å²) >= 11 is 5.99. The summed E-state index contributed by atoms with van der Waals surface area (Å²) in [4.78, 5) is 16.6. The second-order valence-corrected chi connectivity index (χ2v) is 5.50. The van der Waals surface area contributed by atoms with E-state index in [-0.39, 0.29) is 11.9 Å². The fourth-order valence-corrected chi connectivity index (χ4v) is 2.53. The van der Waals surface area contributed by atoms with Gasteiger partial charge in [-0.05, 0) is 37.8 Å². The second-order valence-electron chi connectivity index (χ2n) is 5.11. The van der Waals surface area contributed by atoms with Gasteiger partial charge in [0.1, 0.15) is 5.15 Å². The van der Waals surface area contributed by atoms with E-state index < -0.39 is 0 Å². The van der Waals surface area contributed by atoms with Gasteiger partial charge in [0.2, 0.25) is 0 Å². The van der Waals surface area contributed by atoms with Gasteiger partial charge in [0.25, 0.3) is 5.91 Å². The first-order valence-corrected chi connectivity index (χ1v) is 6.89. The fourth-order valence-electron chi connectivity index (χ4n) is 2.33. The van der Waals surface area contributed by atoms with Crippen molar-refractivity contribution in [3.63, 3.8) is 0 Å². The summed E-state index contributed by atoms with van der Waals surface area (Å²) in [6.07, 6.45) is 2.42. The summed E-state index contributed by atoms with van der Waals surface area (Å²) in [5.74, 6) is 0.562. The van der Waals surface area contributed by atoms with Gasteiger partial charge >= 0.3 is 0 Å². The molecular weight excluding hydrogens is 260 g/mol. The Hall–Kier alpha value is -1.61. The van der Waals surface area contributed by atoms with Crippen LogP contribution in [0.15, 0.2) is 30.3 Å². The maximum atomic E-state index is 12.4. The minimum absolute atomic E-state index is 0.0695. The first kappa shape index (κ1) is 12.4. The van der Waals surface area contributed by atoms with Crippen molar-refractivity contribution in [3.8, 4) is 0 Å². The van der Waals surface area contributed by atoms with E-state index in [2.05, 4.69) is 17.2 Å². The van der Waals surface area contributed by atoms with Crippen LogP contribution in [-0.4, -0.2) is 16.9 Å². The number of carbonyl (C=O) groups is 1. The smallest absolute Gasteiger partial charge is 0.252 e. The summed E-state index contributed by atoms with van der Waals surface area (Å²) in [7, 11) is 0. The highest BCUT2D eigenvalue weighted by molar-refractivity contribution is 6.30. The number of rotatable bonds is 3. The second kappa shape index (κ2) is 4.82. The summed E-state index contributed by atoms with van der Waals surface area (Å²) in [5.41, 5.74) is 1.35. The first-order valence-electron chi connectivity index (χ1n) is 6.51. The molecular formula is C15H15ClN2O. The quantitative estimate of drug-likeness (QED) is 0.872. The van der Waals surface area contributed by atoms with Crippen molar-refractivity contribution in [1.82, 2.24) is 10.3 Å². The molecule has 1 atom stereocenters. The van der Waals surface area contributed by atoms with Crippen molar-refractivity contribution in [2.24, 2.45) is 5.92 Å². The van der Waals surface area contributed by atoms with Crippen molar-refractivity contribution < 1.29 is 4.79 Å². The molecule has 1 aromatic heterocycles. The number of fused-ring (bicyclic) bond motifs is 1. The van der Waals surface area contributed by atoms with Crippen molar-refractivity contribution in [2.75, 3.05) is 0 Å². The van der Waals surface area contributed by atoms with Crippen LogP contribution in [0.1, 0.15) is 30.1 Å². The number of para-hydroxylation sites is 1. The van der Waals surface area contributed by atoms with Crippen molar-refractivity contribution in [2.45, 2.75) is 25.8 Å². The molecule has 3 rings (SSSR count). The number of hydrogen-bond donors (Lipinski definition) is 1. The number of nitrogens with zero attached hydrogens (tertiary/aromatic N) is 1. The normalized spacial score (nSPS) is 16.3. The van der Waals surface area contributed by atoms with E-state index in [4.69, 9.17) is 11.6 Å². The standard InChI is InChI=1S/C15H15ClN2O/c1-9(10-6-7-10)17-15(19)12-8-14(16)18-13-5-3-2-4-11(12)13/h2-5,8-10H,6-7H2,1H3,(H,17,19). The molecule has 0 aliphatic heterocycles. The van der Waals surface area contributed by atoms with Crippen molar-refractivity contribution >= 4 is 28.4 Å². The molecule has 0 bridgehead atoms. The lowest BCUT2D eigenvalue weighted by molar-refractivity contribution is 0.0937. The monoisotopic (exact) mass is 274 g/mol. The lowest BCUT2D eigenvalue weighted by atomic mass is 10.1. The van der Waals surface area contributed by atoms with Crippen LogP contribution in [-0.2, 0) is 0 Å². The minimum atomic E-state index is -0.0695. The Morgan fingerprint density at radius 1 is 1.42 bits per heavy atom. The van der Waals surface area contributed by atoms with Gasteiger partial charge in [-0.3, -0.25) is 4.79 Å². The van der Waals surface area contributed by atoms with Gasteiger partial charge in [-0.25, -0.2) is 4.98 Å². The van der Waals surface area contributed by atoms with Crippen LogP contribution < -0.4 is 5.32 Å². The highest BCUT2D eigenvalue weighted by Gasteiger charge is 2.29. The zero-order valence-corrected chi connectivity index (χ0v) is 11.4. The first-order chi connectivity index (χ1) is 9.15. The molecule has 1 amide bonds. The van der Waals surface area contributed by atoms with E-state index in [1.807, 2.05) is 24.3 Å². The molecule has 0 radical (unpaired) electrons. The highest BCUT2D eigenvalue weighted by atomic mass is 35.5. The zero-order chi connectivity index (χ0) is 13.4. The van der Waals surface area contributed by atoms with Gasteiger partial charge in [-0.1, -0.05) is 29.8 Å². The SMILES string of the molecule is CC(NC(=O)c1cc(Cl)nc2ccccc12)C1CC1. The van der Waals surface area contributed by atoms with Gasteiger partial charge in [0.05, 0.1) is 11.1 Å². The van der Waals surface area contributed by atoms with E-state index in [0.29, 0.717) is 16.6 Å². The van der Waals surface area contributed by atoms with E-state index in [9.17, 15) is 4.79 Å². The van der Waals surface area contributed by atoms with Crippen LogP contribution in [0.25, 0.3) is 10.9 Å². The van der Waals surface area contributed by atoms with Gasteiger partial charge in [0, 0.05) is 11.4 Å². The number of carbonyl (C=O) groups excluding carboxylic acids is 1. The number of pyridine rings is 1. The summed E-state index contributed by atoms with van der Waals surface area (Å²) in [6.45, 7) is 2.06. The Morgan fingerprint density at radius 3 is 2.89 bits per heavy atom. The summed E-state index contributed by atoms with van der Waals surface area (Å²) in [6, 6.07) is 9.41. The van der Waals surface area contributed by atoms with Gasteiger partial charge < -0.3 is 5.32 Å². The lowest BCUT2D eigenvalue weighted by Crippen LogP contribution is -2.34. The molecule has 1 N–H and O–H groups in total. The number of aromatic nitrogens is 1. The Balaban J connectivity index is 1.96. The highest BCUT2D eigenvalue weighted by Crippen LogP contribution is 2.32. The Labute approximate surface area is 117 Å². The Morgan fingerprint density at radius 2 is 2.16 bits per heavy atom. The summed E-state index contributed by atoms with van der Waals surface area (Å²) < 4.78 is 0. The maximum Gasteiger partial charge on any atom is 0.252 e. The van der Waals surface area contributed by atoms with Crippen LogP contribution in [0.5, 0.6) is 0 Å². The van der Waals surface area contributed by atoms with E-state index >= 15 is 0 Å². The molecule has 3 nitrogen and oxygen atoms in total. The van der Waals surface area contributed by atoms with E-state index in [0.717, 1.165) is 10.9 Å². The molecule has 1 fully saturated rings. The molecule has 1 heterocycles. The van der Waals surface area contributed by atoms with Crippen LogP contribution in [0.3, 0.4) is 0 Å². The molecule has 0 spiro atoms. The van der Waals surface area contributed by atoms with Crippen molar-refractivity contribution in [3.05, 3.63) is 41.0 Å². The Kier molecular flexibility index (Phi) is 3.15. The largest absolute Gasteiger partial charge is 0.349 e. The zero-order valence-electron chi connectivity index (χ0n) is 10.7. The number of benzene rings is 1. The van der Waals surface area contributed by atoms with Gasteiger partial charge in [-0.15, -0.1) is 0 Å². The molecule has 0 saturated heterocycles. The number of nitrogens with one attached hydrogen (secondary N) is 1. The van der Waals surface area contributed by atoms with Crippen LogP contribution in [0.2, 0.25) is 5.15 Å². The third-order valence-electron chi connectivity index (χ3n) is 3.62. The number of hydrogen-bond acceptors (Lipinski definition) is 2. The van der Waals surface area contributed by atoms with E-state index in [1.165, 1.54) is 12.8 Å². The molecule has 98 valence electrons. The number of amides is 1. The topological polar surface area (TPSA) is 42.0 Å².